The first-order valence-electron chi connectivity index (χ1n) is 13.1. The van der Waals surface area contributed by atoms with E-state index >= 15 is 0 Å². The number of benzene rings is 2. The number of anilines is 2. The van der Waals surface area contributed by atoms with E-state index in [-0.39, 0.29) is 10.8 Å². The van der Waals surface area contributed by atoms with Crippen molar-refractivity contribution in [3.63, 3.8) is 0 Å². The monoisotopic (exact) mass is 596 g/mol. The molecule has 1 aromatic heterocycles. The van der Waals surface area contributed by atoms with Crippen molar-refractivity contribution in [1.29, 1.82) is 0 Å². The summed E-state index contributed by atoms with van der Waals surface area (Å²) < 4.78 is 5.57. The molecule has 13 nitrogen and oxygen atoms in total. The molecule has 0 saturated heterocycles. The van der Waals surface area contributed by atoms with Crippen molar-refractivity contribution in [2.24, 2.45) is 0 Å². The van der Waals surface area contributed by atoms with Gasteiger partial charge in [-0.15, -0.1) is 11.3 Å². The molecule has 3 aromatic rings. The highest BCUT2D eigenvalue weighted by Gasteiger charge is 2.24. The standard InChI is InChI=1S/C28H32N6O7S/c1-2-3-13-41-20-11-9-19(10-12-20)31-26(39)21(14-24(36)37)32-23(35)16-29-25(38)22-17-42-28(33-22)34-27(40)30-15-18-7-5-4-6-8-18/h4-12,17,21H,2-3,13-16H2,1H3,(H,29,38)(H,31,39)(H,32,35)(H,36,37)(H2,30,33,34,40)/t21-/m0/s1. The maximum atomic E-state index is 12.7. The third-order valence-electron chi connectivity index (χ3n) is 5.58. The predicted molar refractivity (Wildman–Crippen MR) is 156 cm³/mol. The number of hydrogen-bond acceptors (Lipinski definition) is 8. The zero-order valence-corrected chi connectivity index (χ0v) is 23.7. The molecule has 222 valence electrons. The Balaban J connectivity index is 1.46. The van der Waals surface area contributed by atoms with E-state index in [0.717, 1.165) is 29.7 Å². The highest BCUT2D eigenvalue weighted by atomic mass is 32.1. The topological polar surface area (TPSA) is 188 Å². The number of rotatable bonds is 15. The molecule has 6 N–H and O–H groups in total. The van der Waals surface area contributed by atoms with Crippen LogP contribution in [-0.4, -0.2) is 59.0 Å². The van der Waals surface area contributed by atoms with Crippen molar-refractivity contribution in [1.82, 2.24) is 20.9 Å². The van der Waals surface area contributed by atoms with Crippen LogP contribution in [0.4, 0.5) is 15.6 Å². The average molecular weight is 597 g/mol. The quantitative estimate of drug-likeness (QED) is 0.144. The molecule has 0 bridgehead atoms. The smallest absolute Gasteiger partial charge is 0.321 e. The molecular weight excluding hydrogens is 564 g/mol. The van der Waals surface area contributed by atoms with E-state index < -0.39 is 48.7 Å². The summed E-state index contributed by atoms with van der Waals surface area (Å²) in [6.07, 6.45) is 1.23. The molecule has 0 aliphatic carbocycles. The largest absolute Gasteiger partial charge is 0.494 e. The number of thiazole rings is 1. The van der Waals surface area contributed by atoms with Crippen molar-refractivity contribution >= 4 is 51.9 Å². The number of urea groups is 1. The number of carbonyl (C=O) groups excluding carboxylic acids is 4. The fourth-order valence-electron chi connectivity index (χ4n) is 3.43. The summed E-state index contributed by atoms with van der Waals surface area (Å²) in [5, 5.41) is 23.3. The zero-order chi connectivity index (χ0) is 30.3. The number of carboxylic acid groups (broad SMARTS) is 1. The van der Waals surface area contributed by atoms with Gasteiger partial charge in [0, 0.05) is 17.6 Å². The summed E-state index contributed by atoms with van der Waals surface area (Å²) >= 11 is 1.02. The van der Waals surface area contributed by atoms with Gasteiger partial charge in [-0.3, -0.25) is 24.5 Å². The Kier molecular flexibility index (Phi) is 12.3. The average Bonchev–Trinajstić information content (AvgIpc) is 3.44. The molecule has 0 aliphatic heterocycles. The fourth-order valence-corrected chi connectivity index (χ4v) is 4.12. The Morgan fingerprint density at radius 2 is 1.71 bits per heavy atom. The van der Waals surface area contributed by atoms with Crippen LogP contribution in [0.1, 0.15) is 42.2 Å². The van der Waals surface area contributed by atoms with Gasteiger partial charge in [-0.05, 0) is 36.2 Å². The van der Waals surface area contributed by atoms with Crippen LogP contribution in [0.25, 0.3) is 0 Å². The summed E-state index contributed by atoms with van der Waals surface area (Å²) in [5.74, 6) is -2.88. The number of ether oxygens (including phenoxy) is 1. The van der Waals surface area contributed by atoms with Gasteiger partial charge in [0.25, 0.3) is 5.91 Å². The maximum Gasteiger partial charge on any atom is 0.321 e. The second kappa shape index (κ2) is 16.3. The first-order chi connectivity index (χ1) is 20.2. The Hall–Kier alpha value is -4.98. The zero-order valence-electron chi connectivity index (χ0n) is 22.8. The lowest BCUT2D eigenvalue weighted by Crippen LogP contribution is -2.48. The molecule has 0 aliphatic rings. The Morgan fingerprint density at radius 1 is 0.976 bits per heavy atom. The first kappa shape index (κ1) is 31.5. The van der Waals surface area contributed by atoms with Crippen molar-refractivity contribution in [2.45, 2.75) is 38.8 Å². The predicted octanol–water partition coefficient (Wildman–Crippen LogP) is 2.97. The molecule has 1 heterocycles. The van der Waals surface area contributed by atoms with Crippen LogP contribution in [0, 0.1) is 0 Å². The number of carbonyl (C=O) groups is 5. The van der Waals surface area contributed by atoms with Crippen LogP contribution in [0.2, 0.25) is 0 Å². The summed E-state index contributed by atoms with van der Waals surface area (Å²) in [4.78, 5) is 65.0. The maximum absolute atomic E-state index is 12.7. The number of aliphatic carboxylic acids is 1. The van der Waals surface area contributed by atoms with Crippen LogP contribution in [-0.2, 0) is 20.9 Å². The lowest BCUT2D eigenvalue weighted by molar-refractivity contribution is -0.139. The summed E-state index contributed by atoms with van der Waals surface area (Å²) in [7, 11) is 0. The lowest BCUT2D eigenvalue weighted by atomic mass is 10.1. The van der Waals surface area contributed by atoms with Crippen LogP contribution in [0.3, 0.4) is 0 Å². The van der Waals surface area contributed by atoms with E-state index in [0.29, 0.717) is 24.6 Å². The molecular formula is C28H32N6O7S. The van der Waals surface area contributed by atoms with Gasteiger partial charge in [0.1, 0.15) is 17.5 Å². The first-order valence-corrected chi connectivity index (χ1v) is 14.0. The van der Waals surface area contributed by atoms with E-state index in [1.54, 1.807) is 24.3 Å². The number of nitrogens with one attached hydrogen (secondary N) is 5. The van der Waals surface area contributed by atoms with E-state index in [9.17, 15) is 29.1 Å². The van der Waals surface area contributed by atoms with Gasteiger partial charge in [-0.25, -0.2) is 9.78 Å². The van der Waals surface area contributed by atoms with E-state index in [2.05, 4.69) is 38.5 Å². The molecule has 3 rings (SSSR count). The minimum Gasteiger partial charge on any atom is -0.494 e. The highest BCUT2D eigenvalue weighted by molar-refractivity contribution is 7.14. The van der Waals surface area contributed by atoms with E-state index in [4.69, 9.17) is 4.74 Å². The minimum atomic E-state index is -1.39. The molecule has 0 fully saturated rings. The van der Waals surface area contributed by atoms with Gasteiger partial charge < -0.3 is 31.1 Å². The van der Waals surface area contributed by atoms with Crippen molar-refractivity contribution in [3.8, 4) is 5.75 Å². The third kappa shape index (κ3) is 10.9. The molecule has 0 radical (unpaired) electrons. The van der Waals surface area contributed by atoms with Crippen LogP contribution in [0.5, 0.6) is 5.75 Å². The Morgan fingerprint density at radius 3 is 2.40 bits per heavy atom. The minimum absolute atomic E-state index is 0.0342. The summed E-state index contributed by atoms with van der Waals surface area (Å²) in [5.41, 5.74) is 1.27. The summed E-state index contributed by atoms with van der Waals surface area (Å²) in [6, 6.07) is 13.9. The normalized spacial score (nSPS) is 11.1. The number of hydrogen-bond donors (Lipinski definition) is 6. The number of nitrogens with zero attached hydrogens (tertiary/aromatic N) is 1. The van der Waals surface area contributed by atoms with Crippen LogP contribution in [0.15, 0.2) is 60.0 Å². The van der Waals surface area contributed by atoms with Gasteiger partial charge in [-0.1, -0.05) is 43.7 Å². The molecule has 1 atom stereocenters. The molecule has 2 aromatic carbocycles. The van der Waals surface area contributed by atoms with Gasteiger partial charge in [0.15, 0.2) is 5.13 Å². The number of aromatic nitrogens is 1. The lowest BCUT2D eigenvalue weighted by Gasteiger charge is -2.17. The highest BCUT2D eigenvalue weighted by Crippen LogP contribution is 2.17. The molecule has 0 unspecified atom stereocenters. The van der Waals surface area contributed by atoms with Crippen molar-refractivity contribution < 1.29 is 33.8 Å². The van der Waals surface area contributed by atoms with Gasteiger partial charge >= 0.3 is 12.0 Å². The number of amides is 5. The van der Waals surface area contributed by atoms with Gasteiger partial charge in [0.2, 0.25) is 11.8 Å². The molecule has 0 spiro atoms. The second-order valence-corrected chi connectivity index (χ2v) is 9.81. The number of unbranched alkanes of at least 4 members (excludes halogenated alkanes) is 1. The molecule has 14 heteroatoms. The number of carboxylic acids is 1. The van der Waals surface area contributed by atoms with Gasteiger partial charge in [0.05, 0.1) is 19.6 Å². The van der Waals surface area contributed by atoms with Crippen molar-refractivity contribution in [2.75, 3.05) is 23.8 Å². The van der Waals surface area contributed by atoms with Gasteiger partial charge in [-0.2, -0.15) is 0 Å². The summed E-state index contributed by atoms with van der Waals surface area (Å²) in [6.45, 7) is 2.39. The molecule has 5 amide bonds. The SMILES string of the molecule is CCCCOc1ccc(NC(=O)[C@H](CC(=O)O)NC(=O)CNC(=O)c2csc(NC(=O)NCc3ccccc3)n2)cc1. The Bertz CT molecular complexity index is 1360. The van der Waals surface area contributed by atoms with E-state index in [1.165, 1.54) is 5.38 Å². The molecule has 0 saturated carbocycles. The van der Waals surface area contributed by atoms with Crippen LogP contribution >= 0.6 is 11.3 Å². The molecule has 42 heavy (non-hydrogen) atoms. The van der Waals surface area contributed by atoms with E-state index in [1.807, 2.05) is 30.3 Å². The van der Waals surface area contributed by atoms with Crippen LogP contribution < -0.4 is 31.3 Å². The fraction of sp³-hybridized carbons (Fsp3) is 0.286. The Labute approximate surface area is 246 Å². The van der Waals surface area contributed by atoms with Crippen molar-refractivity contribution in [3.05, 3.63) is 71.2 Å². The third-order valence-corrected chi connectivity index (χ3v) is 6.34. The second-order valence-electron chi connectivity index (χ2n) is 8.95.